The Hall–Kier alpha value is -5.65. The largest absolute Gasteiger partial charge is 0.488 e. The van der Waals surface area contributed by atoms with Crippen molar-refractivity contribution in [1.29, 1.82) is 0 Å². The van der Waals surface area contributed by atoms with E-state index in [1.54, 1.807) is 16.9 Å². The molecule has 15 nitrogen and oxygen atoms in total. The van der Waals surface area contributed by atoms with Crippen LogP contribution in [0.25, 0.3) is 33.3 Å². The summed E-state index contributed by atoms with van der Waals surface area (Å²) in [6.07, 6.45) is 8.02. The second-order valence-electron chi connectivity index (χ2n) is 18.5. The molecular weight excluding hydrogens is 866 g/mol. The Morgan fingerprint density at radius 3 is 2.51 bits per heavy atom. The van der Waals surface area contributed by atoms with Crippen LogP contribution in [0, 0.1) is 10.3 Å². The maximum Gasteiger partial charge on any atom is 0.267 e. The first-order chi connectivity index (χ1) is 31.4. The Morgan fingerprint density at radius 1 is 0.985 bits per heavy atom. The number of H-pyrrole nitrogens is 1. The van der Waals surface area contributed by atoms with E-state index in [0.717, 1.165) is 113 Å². The summed E-state index contributed by atoms with van der Waals surface area (Å²) in [5.74, 6) is -0.663. The number of pyridine rings is 1. The van der Waals surface area contributed by atoms with Crippen LogP contribution >= 0.6 is 11.6 Å². The third kappa shape index (κ3) is 9.02. The lowest BCUT2D eigenvalue weighted by Gasteiger charge is -2.41. The van der Waals surface area contributed by atoms with E-state index >= 15 is 0 Å². The molecule has 338 valence electrons. The van der Waals surface area contributed by atoms with Crippen molar-refractivity contribution in [2.24, 2.45) is 10.6 Å². The van der Waals surface area contributed by atoms with E-state index in [4.69, 9.17) is 26.1 Å². The highest BCUT2D eigenvalue weighted by Gasteiger charge is 2.32. The molecule has 0 unspecified atom stereocenters. The number of hydrogen-bond acceptors (Lipinski definition) is 12. The number of halogens is 1. The molecule has 0 radical (unpaired) electrons. The number of benzene rings is 3. The highest BCUT2D eigenvalue weighted by molar-refractivity contribution is 7.90. The van der Waals surface area contributed by atoms with Gasteiger partial charge in [-0.1, -0.05) is 43.2 Å². The fourth-order valence-electron chi connectivity index (χ4n) is 9.64. The van der Waals surface area contributed by atoms with Gasteiger partial charge in [0.15, 0.2) is 5.69 Å². The van der Waals surface area contributed by atoms with Gasteiger partial charge in [-0.2, -0.15) is 5.10 Å². The second kappa shape index (κ2) is 17.6. The molecule has 3 aliphatic heterocycles. The zero-order valence-corrected chi connectivity index (χ0v) is 38.1. The number of rotatable bonds is 12. The molecule has 1 amide bonds. The van der Waals surface area contributed by atoms with Crippen LogP contribution in [-0.4, -0.2) is 115 Å². The molecule has 4 aliphatic rings. The van der Waals surface area contributed by atoms with Crippen LogP contribution in [-0.2, 0) is 14.8 Å². The highest BCUT2D eigenvalue weighted by Crippen LogP contribution is 2.43. The molecule has 2 N–H and O–H groups in total. The number of nitrogens with zero attached hydrogens (tertiary/aromatic N) is 7. The summed E-state index contributed by atoms with van der Waals surface area (Å²) in [5, 5.41) is 9.38. The van der Waals surface area contributed by atoms with E-state index in [0.29, 0.717) is 28.4 Å². The van der Waals surface area contributed by atoms with Crippen LogP contribution in [0.2, 0.25) is 5.02 Å². The van der Waals surface area contributed by atoms with Crippen molar-refractivity contribution >= 4 is 66.5 Å². The number of ether oxygens (including phenoxy) is 2. The molecule has 0 saturated carbocycles. The van der Waals surface area contributed by atoms with Crippen LogP contribution in [0.3, 0.4) is 0 Å². The number of fused-ring (bicyclic) bond motifs is 2. The minimum Gasteiger partial charge on any atom is -0.488 e. The molecule has 3 aromatic carbocycles. The summed E-state index contributed by atoms with van der Waals surface area (Å²) in [5.41, 5.74) is 7.53. The van der Waals surface area contributed by atoms with Gasteiger partial charge in [-0.05, 0) is 114 Å². The first kappa shape index (κ1) is 43.3. The van der Waals surface area contributed by atoms with E-state index in [-0.39, 0.29) is 33.4 Å². The van der Waals surface area contributed by atoms with Gasteiger partial charge in [0, 0.05) is 68.1 Å². The first-order valence-corrected chi connectivity index (χ1v) is 24.2. The fraction of sp³-hybridized carbons (Fsp3) is 0.396. The van der Waals surface area contributed by atoms with E-state index in [1.165, 1.54) is 28.8 Å². The average Bonchev–Trinajstić information content (AvgIpc) is 3.93. The Morgan fingerprint density at radius 2 is 1.77 bits per heavy atom. The summed E-state index contributed by atoms with van der Waals surface area (Å²) < 4.78 is 43.2. The van der Waals surface area contributed by atoms with E-state index in [1.807, 2.05) is 42.6 Å². The molecule has 0 bridgehead atoms. The van der Waals surface area contributed by atoms with Gasteiger partial charge >= 0.3 is 0 Å². The number of aromatic nitrogens is 4. The Balaban J connectivity index is 0.888. The van der Waals surface area contributed by atoms with Crippen LogP contribution in [0.4, 0.5) is 11.4 Å². The number of sulfonamides is 1. The van der Waals surface area contributed by atoms with Crippen molar-refractivity contribution in [2.75, 3.05) is 63.9 Å². The highest BCUT2D eigenvalue weighted by atomic mass is 35.5. The van der Waals surface area contributed by atoms with Crippen LogP contribution < -0.4 is 14.4 Å². The van der Waals surface area contributed by atoms with Crippen molar-refractivity contribution < 1.29 is 22.7 Å². The number of allylic oxidation sites excluding steroid dienone is 1. The summed E-state index contributed by atoms with van der Waals surface area (Å²) in [6.45, 7) is 11.9. The van der Waals surface area contributed by atoms with Gasteiger partial charge in [-0.3, -0.25) is 14.6 Å². The lowest BCUT2D eigenvalue weighted by Crippen LogP contribution is -2.52. The molecule has 10 rings (SSSR count). The van der Waals surface area contributed by atoms with Crippen LogP contribution in [0.15, 0.2) is 101 Å². The molecule has 6 aromatic rings. The molecule has 3 saturated heterocycles. The number of anilines is 1. The van der Waals surface area contributed by atoms with Crippen molar-refractivity contribution in [3.05, 3.63) is 112 Å². The number of carbonyl (C=O) groups is 1. The van der Waals surface area contributed by atoms with Crippen molar-refractivity contribution in [2.45, 2.75) is 63.0 Å². The van der Waals surface area contributed by atoms with Gasteiger partial charge in [0.05, 0.1) is 47.1 Å². The minimum absolute atomic E-state index is 0.0884. The predicted octanol–water partition coefficient (Wildman–Crippen LogP) is 8.10. The zero-order valence-electron chi connectivity index (χ0n) is 36.5. The number of nitrogens with one attached hydrogen (secondary N) is 2. The third-order valence-electron chi connectivity index (χ3n) is 13.5. The molecule has 3 aromatic heterocycles. The standard InChI is InChI=1S/C48H52ClN9O6S/c1-48(2)15-11-33(40(26-48)31-3-5-34(49)6-4-31)28-55-19-21-57(22-20-55)35-7-9-39(43(24-35)58-44-23-32-12-16-50-46(32)52-42(44)27-51-58)47(59)54-65(61,62)38-8-10-45(41(25-38)53-60)64-37-13-17-56(18-14-37)36-29-63-30-36/h3-10,12,16,23-25,27,36-37H,11,13-15,17-22,26,28-30H2,1-2H3,(H,50,52)(H,54,59). The maximum absolute atomic E-state index is 14.2. The monoisotopic (exact) mass is 917 g/mol. The molecular formula is C48H52ClN9O6S. The zero-order chi connectivity index (χ0) is 44.9. The van der Waals surface area contributed by atoms with Crippen molar-refractivity contribution in [3.63, 3.8) is 0 Å². The topological polar surface area (TPSA) is 167 Å². The van der Waals surface area contributed by atoms with Crippen molar-refractivity contribution in [1.82, 2.24) is 34.3 Å². The molecule has 6 heterocycles. The lowest BCUT2D eigenvalue weighted by molar-refractivity contribution is -0.0777. The van der Waals surface area contributed by atoms with Crippen molar-refractivity contribution in [3.8, 4) is 11.4 Å². The maximum atomic E-state index is 14.2. The third-order valence-corrected chi connectivity index (χ3v) is 15.1. The molecule has 3 fully saturated rings. The van der Waals surface area contributed by atoms with Gasteiger partial charge < -0.3 is 19.4 Å². The van der Waals surface area contributed by atoms with Gasteiger partial charge in [0.1, 0.15) is 23.0 Å². The smallest absolute Gasteiger partial charge is 0.267 e. The van der Waals surface area contributed by atoms with Crippen LogP contribution in [0.1, 0.15) is 61.9 Å². The number of carbonyl (C=O) groups excluding carboxylic acids is 1. The van der Waals surface area contributed by atoms with E-state index in [9.17, 15) is 18.1 Å². The Kier molecular flexibility index (Phi) is 11.7. The van der Waals surface area contributed by atoms with Gasteiger partial charge in [0.25, 0.3) is 15.9 Å². The first-order valence-electron chi connectivity index (χ1n) is 22.3. The van der Waals surface area contributed by atoms with E-state index in [2.05, 4.69) is 60.7 Å². The molecule has 0 spiro atoms. The fourth-order valence-corrected chi connectivity index (χ4v) is 10.8. The average molecular weight is 919 g/mol. The number of aromatic amines is 1. The summed E-state index contributed by atoms with van der Waals surface area (Å²) >= 11 is 6.27. The Labute approximate surface area is 382 Å². The number of nitroso groups, excluding NO2 is 1. The summed E-state index contributed by atoms with van der Waals surface area (Å²) in [4.78, 5) is 41.0. The number of hydrogen-bond donors (Lipinski definition) is 2. The number of piperidine rings is 1. The Bertz CT molecular complexity index is 2910. The van der Waals surface area contributed by atoms with Gasteiger partial charge in [0.2, 0.25) is 0 Å². The SMILES string of the molecule is CC1(C)CCC(CN2CCN(c3ccc(C(=O)NS(=O)(=O)c4ccc(OC5CCN(C6COC6)CC5)c(N=O)c4)c(-n4ncc5nc6[nH]ccc6cc54)c3)CC2)=C(c2ccc(Cl)cc2)C1. The summed E-state index contributed by atoms with van der Waals surface area (Å²) in [6, 6.07) is 21.8. The number of likely N-dealkylation sites (tertiary alicyclic amines) is 1. The van der Waals surface area contributed by atoms with Gasteiger partial charge in [-0.25, -0.2) is 22.8 Å². The second-order valence-corrected chi connectivity index (χ2v) is 20.6. The van der Waals surface area contributed by atoms with Gasteiger partial charge in [-0.15, -0.1) is 4.91 Å². The molecule has 17 heteroatoms. The minimum atomic E-state index is -4.48. The molecule has 0 atom stereocenters. The van der Waals surface area contributed by atoms with E-state index < -0.39 is 15.9 Å². The lowest BCUT2D eigenvalue weighted by atomic mass is 9.72. The number of piperazine rings is 1. The quantitative estimate of drug-likeness (QED) is 0.114. The summed E-state index contributed by atoms with van der Waals surface area (Å²) in [7, 11) is -4.48. The predicted molar refractivity (Wildman–Crippen MR) is 252 cm³/mol. The molecule has 65 heavy (non-hydrogen) atoms. The van der Waals surface area contributed by atoms with Crippen LogP contribution in [0.5, 0.6) is 5.75 Å². The molecule has 1 aliphatic carbocycles. The normalized spacial score (nSPS) is 19.2. The number of amides is 1.